The molecule has 10 heteroatoms. The molecule has 3 aromatic rings. The van der Waals surface area contributed by atoms with E-state index in [1.807, 2.05) is 0 Å². The highest BCUT2D eigenvalue weighted by atomic mass is 32.2. The quantitative estimate of drug-likeness (QED) is 0.617. The Morgan fingerprint density at radius 3 is 2.68 bits per heavy atom. The van der Waals surface area contributed by atoms with Crippen molar-refractivity contribution in [3.05, 3.63) is 57.9 Å². The number of hydrogen-bond acceptors (Lipinski definition) is 5. The van der Waals surface area contributed by atoms with E-state index < -0.39 is 29.3 Å². The number of fused-ring (bicyclic) bond motifs is 1. The molecular weight excluding hydrogens is 433 g/mol. The number of rotatable bonds is 4. The molecule has 2 aromatic heterocycles. The first-order valence-electron chi connectivity index (χ1n) is 9.54. The standard InChI is InChI=1S/C21H15F3N2O4S/c22-21(23,24)12-3-1-2-11(6-12)16-8-14(25-30-16)13-7-17(27)26-15(20(28)29)9-31-19(26)18(13)10-4-5-10/h1-3,6-8,10,15H,4-5,9H2,(H,28,29). The number of pyridine rings is 1. The fraction of sp³-hybridized carbons (Fsp3) is 0.286. The second-order valence-electron chi connectivity index (χ2n) is 7.58. The van der Waals surface area contributed by atoms with Gasteiger partial charge in [-0.2, -0.15) is 13.2 Å². The molecule has 1 atom stereocenters. The van der Waals surface area contributed by atoms with Gasteiger partial charge in [0.05, 0.1) is 10.6 Å². The maximum atomic E-state index is 13.0. The highest BCUT2D eigenvalue weighted by Gasteiger charge is 2.38. The number of aromatic nitrogens is 2. The van der Waals surface area contributed by atoms with Gasteiger partial charge in [-0.3, -0.25) is 9.36 Å². The van der Waals surface area contributed by atoms with Crippen molar-refractivity contribution < 1.29 is 27.6 Å². The molecule has 1 fully saturated rings. The molecule has 0 amide bonds. The maximum Gasteiger partial charge on any atom is 0.416 e. The van der Waals surface area contributed by atoms with Crippen LogP contribution in [0, 0.1) is 0 Å². The van der Waals surface area contributed by atoms with Crippen LogP contribution in [0.15, 0.2) is 50.7 Å². The van der Waals surface area contributed by atoms with Crippen LogP contribution in [-0.2, 0) is 11.0 Å². The van der Waals surface area contributed by atoms with Crippen molar-refractivity contribution in [1.29, 1.82) is 0 Å². The molecule has 3 heterocycles. The van der Waals surface area contributed by atoms with Crippen LogP contribution in [0.25, 0.3) is 22.6 Å². The zero-order chi connectivity index (χ0) is 21.9. The summed E-state index contributed by atoms with van der Waals surface area (Å²) in [5.41, 5.74) is 0.717. The molecule has 0 saturated heterocycles. The molecule has 0 spiro atoms. The second-order valence-corrected chi connectivity index (χ2v) is 8.59. The lowest BCUT2D eigenvalue weighted by Crippen LogP contribution is -2.29. The molecule has 2 aliphatic rings. The summed E-state index contributed by atoms with van der Waals surface area (Å²) in [6.45, 7) is 0. The smallest absolute Gasteiger partial charge is 0.416 e. The first kappa shape index (κ1) is 19.9. The lowest BCUT2D eigenvalue weighted by atomic mass is 10.0. The lowest BCUT2D eigenvalue weighted by molar-refractivity contribution is -0.140. The van der Waals surface area contributed by atoms with E-state index in [0.717, 1.165) is 30.5 Å². The molecule has 5 rings (SSSR count). The van der Waals surface area contributed by atoms with Crippen LogP contribution < -0.4 is 5.56 Å². The Bertz CT molecular complexity index is 1260. The zero-order valence-corrected chi connectivity index (χ0v) is 16.7. The van der Waals surface area contributed by atoms with Crippen molar-refractivity contribution in [2.24, 2.45) is 0 Å². The second kappa shape index (κ2) is 7.01. The number of carbonyl (C=O) groups is 1. The van der Waals surface area contributed by atoms with Gasteiger partial charge in [0.25, 0.3) is 5.56 Å². The van der Waals surface area contributed by atoms with E-state index in [1.165, 1.54) is 40.6 Å². The van der Waals surface area contributed by atoms with Crippen LogP contribution in [0.2, 0.25) is 0 Å². The van der Waals surface area contributed by atoms with Gasteiger partial charge in [-0.1, -0.05) is 17.3 Å². The molecule has 1 unspecified atom stereocenters. The third-order valence-electron chi connectivity index (χ3n) is 5.47. The van der Waals surface area contributed by atoms with Crippen LogP contribution in [0.4, 0.5) is 13.2 Å². The third kappa shape index (κ3) is 3.44. The molecule has 1 aliphatic heterocycles. The highest BCUT2D eigenvalue weighted by Crippen LogP contribution is 2.50. The molecule has 1 aliphatic carbocycles. The van der Waals surface area contributed by atoms with Crippen LogP contribution >= 0.6 is 11.8 Å². The Morgan fingerprint density at radius 1 is 1.23 bits per heavy atom. The highest BCUT2D eigenvalue weighted by molar-refractivity contribution is 7.99. The number of thioether (sulfide) groups is 1. The number of nitrogens with zero attached hydrogens (tertiary/aromatic N) is 2. The van der Waals surface area contributed by atoms with Crippen molar-refractivity contribution >= 4 is 17.7 Å². The predicted molar refractivity (Wildman–Crippen MR) is 106 cm³/mol. The topological polar surface area (TPSA) is 85.3 Å². The van der Waals surface area contributed by atoms with Gasteiger partial charge in [0.15, 0.2) is 5.76 Å². The molecule has 0 radical (unpaired) electrons. The average Bonchev–Trinajstić information content (AvgIpc) is 3.25. The van der Waals surface area contributed by atoms with E-state index in [0.29, 0.717) is 16.3 Å². The van der Waals surface area contributed by atoms with Crippen LogP contribution in [0.5, 0.6) is 0 Å². The number of hydrogen-bond donors (Lipinski definition) is 1. The first-order chi connectivity index (χ1) is 14.7. The van der Waals surface area contributed by atoms with Crippen molar-refractivity contribution in [1.82, 2.24) is 9.72 Å². The van der Waals surface area contributed by atoms with E-state index in [2.05, 4.69) is 5.16 Å². The van der Waals surface area contributed by atoms with Gasteiger partial charge in [0, 0.05) is 29.0 Å². The lowest BCUT2D eigenvalue weighted by Gasteiger charge is -2.14. The number of alkyl halides is 3. The van der Waals surface area contributed by atoms with E-state index in [1.54, 1.807) is 0 Å². The summed E-state index contributed by atoms with van der Waals surface area (Å²) < 4.78 is 45.7. The fourth-order valence-electron chi connectivity index (χ4n) is 3.84. The van der Waals surface area contributed by atoms with Gasteiger partial charge in [-0.25, -0.2) is 4.79 Å². The maximum absolute atomic E-state index is 13.0. The summed E-state index contributed by atoms with van der Waals surface area (Å²) in [5, 5.41) is 14.1. The van der Waals surface area contributed by atoms with Crippen molar-refractivity contribution in [3.8, 4) is 22.6 Å². The van der Waals surface area contributed by atoms with Gasteiger partial charge in [-0.05, 0) is 36.5 Å². The van der Waals surface area contributed by atoms with Crippen molar-refractivity contribution in [2.75, 3.05) is 5.75 Å². The predicted octanol–water partition coefficient (Wildman–Crippen LogP) is 4.80. The van der Waals surface area contributed by atoms with Crippen molar-refractivity contribution in [3.63, 3.8) is 0 Å². The molecule has 160 valence electrons. The minimum absolute atomic E-state index is 0.152. The Morgan fingerprint density at radius 2 is 2.00 bits per heavy atom. The first-order valence-corrected chi connectivity index (χ1v) is 10.5. The Balaban J connectivity index is 1.60. The largest absolute Gasteiger partial charge is 0.480 e. The molecule has 6 nitrogen and oxygen atoms in total. The van der Waals surface area contributed by atoms with E-state index in [9.17, 15) is 27.9 Å². The van der Waals surface area contributed by atoms with Gasteiger partial charge in [0.1, 0.15) is 11.7 Å². The normalized spacial score (nSPS) is 18.2. The van der Waals surface area contributed by atoms with E-state index in [4.69, 9.17) is 4.52 Å². The van der Waals surface area contributed by atoms with Gasteiger partial charge < -0.3 is 9.63 Å². The molecule has 1 N–H and O–H groups in total. The minimum atomic E-state index is -4.48. The number of carboxylic acids is 1. The van der Waals surface area contributed by atoms with E-state index >= 15 is 0 Å². The fourth-order valence-corrected chi connectivity index (χ4v) is 5.23. The number of aliphatic carboxylic acids is 1. The Labute approximate surface area is 177 Å². The summed E-state index contributed by atoms with van der Waals surface area (Å²) in [5.74, 6) is -0.455. The molecule has 31 heavy (non-hydrogen) atoms. The summed E-state index contributed by atoms with van der Waals surface area (Å²) in [4.78, 5) is 24.3. The van der Waals surface area contributed by atoms with Gasteiger partial charge in [0.2, 0.25) is 0 Å². The SMILES string of the molecule is O=C(O)C1CSc2c(C3CC3)c(-c3cc(-c4cccc(C(F)(F)F)c4)on3)cc(=O)n21. The Kier molecular flexibility index (Phi) is 4.51. The van der Waals surface area contributed by atoms with Crippen LogP contribution in [0.1, 0.15) is 35.9 Å². The summed E-state index contributed by atoms with van der Waals surface area (Å²) in [6.07, 6.45) is -2.66. The number of halogens is 3. The summed E-state index contributed by atoms with van der Waals surface area (Å²) >= 11 is 1.33. The molecule has 0 bridgehead atoms. The summed E-state index contributed by atoms with van der Waals surface area (Å²) in [6, 6.07) is 6.69. The van der Waals surface area contributed by atoms with Crippen molar-refractivity contribution in [2.45, 2.75) is 36.0 Å². The van der Waals surface area contributed by atoms with Crippen LogP contribution in [-0.4, -0.2) is 26.6 Å². The summed E-state index contributed by atoms with van der Waals surface area (Å²) in [7, 11) is 0. The van der Waals surface area contributed by atoms with Gasteiger partial charge >= 0.3 is 12.1 Å². The molecule has 1 aromatic carbocycles. The van der Waals surface area contributed by atoms with Crippen LogP contribution in [0.3, 0.4) is 0 Å². The van der Waals surface area contributed by atoms with Gasteiger partial charge in [-0.15, -0.1) is 11.8 Å². The molecule has 1 saturated carbocycles. The van der Waals surface area contributed by atoms with E-state index in [-0.39, 0.29) is 23.0 Å². The average molecular weight is 448 g/mol. The molecular formula is C21H15F3N2O4S. The minimum Gasteiger partial charge on any atom is -0.480 e. The number of benzene rings is 1. The Hall–Kier alpha value is -3.01. The third-order valence-corrected chi connectivity index (χ3v) is 6.64. The monoisotopic (exact) mass is 448 g/mol. The number of carboxylic acid groups (broad SMARTS) is 1. The zero-order valence-electron chi connectivity index (χ0n) is 15.8.